The highest BCUT2D eigenvalue weighted by molar-refractivity contribution is 6.32. The lowest BCUT2D eigenvalue weighted by Gasteiger charge is -2.00. The number of hydrogen-bond acceptors (Lipinski definition) is 4. The smallest absolute Gasteiger partial charge is 0.255 e. The Labute approximate surface area is 91.7 Å². The number of aromatic nitrogens is 4. The maximum Gasteiger partial charge on any atom is 0.255 e. The first-order chi connectivity index (χ1) is 7.00. The molecule has 2 aromatic heterocycles. The number of fused-ring (bicyclic) bond motifs is 1. The van der Waals surface area contributed by atoms with E-state index in [1.165, 1.54) is 4.52 Å². The van der Waals surface area contributed by atoms with Gasteiger partial charge < -0.3 is 5.11 Å². The Morgan fingerprint density at radius 2 is 2.00 bits per heavy atom. The van der Waals surface area contributed by atoms with Crippen molar-refractivity contribution in [1.82, 2.24) is 19.6 Å². The topological polar surface area (TPSA) is 63.3 Å². The molecule has 0 atom stereocenters. The van der Waals surface area contributed by atoms with Gasteiger partial charge in [-0.3, -0.25) is 0 Å². The quantitative estimate of drug-likeness (QED) is 0.807. The molecule has 0 radical (unpaired) electrons. The average Bonchev–Trinajstić information content (AvgIpc) is 2.58. The number of hydrogen-bond donors (Lipinski definition) is 1. The molecule has 6 heteroatoms. The zero-order valence-electron chi connectivity index (χ0n) is 8.69. The van der Waals surface area contributed by atoms with E-state index >= 15 is 0 Å². The van der Waals surface area contributed by atoms with E-state index in [4.69, 9.17) is 11.6 Å². The maximum absolute atomic E-state index is 9.72. The number of rotatable bonds is 1. The van der Waals surface area contributed by atoms with E-state index in [0.717, 1.165) is 0 Å². The summed E-state index contributed by atoms with van der Waals surface area (Å²) in [5.41, 5.74) is 0.546. The summed E-state index contributed by atoms with van der Waals surface area (Å²) in [6, 6.07) is 0. The van der Waals surface area contributed by atoms with Crippen LogP contribution < -0.4 is 0 Å². The van der Waals surface area contributed by atoms with Crippen molar-refractivity contribution in [2.75, 3.05) is 0 Å². The maximum atomic E-state index is 9.72. The summed E-state index contributed by atoms with van der Waals surface area (Å²) in [5.74, 6) is 1.08. The SMILES string of the molecule is Cc1nc2nc(C(C)C)nn2c(O)c1Cl. The molecule has 0 aromatic carbocycles. The summed E-state index contributed by atoms with van der Waals surface area (Å²) < 4.78 is 1.25. The zero-order valence-corrected chi connectivity index (χ0v) is 9.45. The summed E-state index contributed by atoms with van der Waals surface area (Å²) in [7, 11) is 0. The third kappa shape index (κ3) is 1.52. The van der Waals surface area contributed by atoms with Gasteiger partial charge in [0.05, 0.1) is 5.69 Å². The monoisotopic (exact) mass is 226 g/mol. The van der Waals surface area contributed by atoms with E-state index < -0.39 is 0 Å². The second kappa shape index (κ2) is 3.34. The second-order valence-electron chi connectivity index (χ2n) is 3.67. The van der Waals surface area contributed by atoms with E-state index in [2.05, 4.69) is 15.1 Å². The summed E-state index contributed by atoms with van der Waals surface area (Å²) in [6.07, 6.45) is 0. The van der Waals surface area contributed by atoms with Gasteiger partial charge in [-0.05, 0) is 6.92 Å². The Balaban J connectivity index is 2.76. The molecule has 0 aliphatic heterocycles. The normalized spacial score (nSPS) is 11.5. The Morgan fingerprint density at radius 3 is 2.60 bits per heavy atom. The van der Waals surface area contributed by atoms with Crippen LogP contribution in [0.25, 0.3) is 5.78 Å². The van der Waals surface area contributed by atoms with Crippen LogP contribution in [-0.4, -0.2) is 24.7 Å². The number of aryl methyl sites for hydroxylation is 1. The zero-order chi connectivity index (χ0) is 11.2. The van der Waals surface area contributed by atoms with Crippen molar-refractivity contribution in [2.45, 2.75) is 26.7 Å². The molecule has 0 saturated carbocycles. The van der Waals surface area contributed by atoms with Crippen LogP contribution in [-0.2, 0) is 0 Å². The van der Waals surface area contributed by atoms with Crippen molar-refractivity contribution in [2.24, 2.45) is 0 Å². The molecule has 0 bridgehead atoms. The molecule has 15 heavy (non-hydrogen) atoms. The lowest BCUT2D eigenvalue weighted by molar-refractivity contribution is 0.433. The summed E-state index contributed by atoms with van der Waals surface area (Å²) in [5, 5.41) is 14.1. The van der Waals surface area contributed by atoms with Crippen molar-refractivity contribution in [3.05, 3.63) is 16.5 Å². The molecule has 0 amide bonds. The highest BCUT2D eigenvalue weighted by Crippen LogP contribution is 2.26. The lowest BCUT2D eigenvalue weighted by atomic mass is 10.2. The molecule has 2 heterocycles. The Kier molecular flexibility index (Phi) is 2.26. The van der Waals surface area contributed by atoms with Crippen LogP contribution >= 0.6 is 11.6 Å². The predicted octanol–water partition coefficient (Wildman–Crippen LogP) is 1.92. The van der Waals surface area contributed by atoms with Crippen LogP contribution in [0, 0.1) is 6.92 Å². The molecule has 0 unspecified atom stereocenters. The summed E-state index contributed by atoms with van der Waals surface area (Å²) in [6.45, 7) is 5.66. The van der Waals surface area contributed by atoms with Crippen LogP contribution in [0.2, 0.25) is 5.02 Å². The minimum atomic E-state index is -0.112. The highest BCUT2D eigenvalue weighted by Gasteiger charge is 2.15. The molecule has 0 aliphatic rings. The fourth-order valence-corrected chi connectivity index (χ4v) is 1.35. The molecule has 1 N–H and O–H groups in total. The van der Waals surface area contributed by atoms with Crippen LogP contribution in [0.5, 0.6) is 5.88 Å². The largest absolute Gasteiger partial charge is 0.492 e. The molecule has 80 valence electrons. The van der Waals surface area contributed by atoms with Gasteiger partial charge in [0.2, 0.25) is 5.88 Å². The van der Waals surface area contributed by atoms with Gasteiger partial charge in [0.15, 0.2) is 5.82 Å². The summed E-state index contributed by atoms with van der Waals surface area (Å²) >= 11 is 5.84. The van der Waals surface area contributed by atoms with Gasteiger partial charge in [0, 0.05) is 5.92 Å². The van der Waals surface area contributed by atoms with Gasteiger partial charge in [-0.15, -0.1) is 5.10 Å². The van der Waals surface area contributed by atoms with Crippen molar-refractivity contribution in [3.8, 4) is 5.88 Å². The van der Waals surface area contributed by atoms with E-state index in [1.54, 1.807) is 6.92 Å². The first-order valence-corrected chi connectivity index (χ1v) is 5.00. The van der Waals surface area contributed by atoms with E-state index in [1.807, 2.05) is 13.8 Å². The van der Waals surface area contributed by atoms with Gasteiger partial charge in [-0.2, -0.15) is 9.50 Å². The van der Waals surface area contributed by atoms with E-state index in [-0.39, 0.29) is 16.8 Å². The molecule has 0 spiro atoms. The molecule has 2 aromatic rings. The average molecular weight is 227 g/mol. The second-order valence-corrected chi connectivity index (χ2v) is 4.05. The Morgan fingerprint density at radius 1 is 1.33 bits per heavy atom. The minimum Gasteiger partial charge on any atom is -0.492 e. The van der Waals surface area contributed by atoms with Crippen molar-refractivity contribution >= 4 is 17.4 Å². The van der Waals surface area contributed by atoms with E-state index in [9.17, 15) is 5.11 Å². The molecule has 0 fully saturated rings. The third-order valence-electron chi connectivity index (χ3n) is 2.11. The van der Waals surface area contributed by atoms with Gasteiger partial charge in [0.1, 0.15) is 5.02 Å². The van der Waals surface area contributed by atoms with Gasteiger partial charge in [-0.25, -0.2) is 4.98 Å². The van der Waals surface area contributed by atoms with Crippen molar-refractivity contribution in [3.63, 3.8) is 0 Å². The van der Waals surface area contributed by atoms with Gasteiger partial charge >= 0.3 is 0 Å². The van der Waals surface area contributed by atoms with Gasteiger partial charge in [-0.1, -0.05) is 25.4 Å². The molecular formula is C9H11ClN4O. The Bertz CT molecular complexity index is 520. The number of halogens is 1. The van der Waals surface area contributed by atoms with Gasteiger partial charge in [0.25, 0.3) is 5.78 Å². The molecule has 2 rings (SSSR count). The van der Waals surface area contributed by atoms with Crippen LogP contribution in [0.15, 0.2) is 0 Å². The Hall–Kier alpha value is -1.36. The standard InChI is InChI=1S/C9H11ClN4O/c1-4(2)7-12-9-11-5(3)6(10)8(15)14(9)13-7/h4,15H,1-3H3. The number of aromatic hydroxyl groups is 1. The van der Waals surface area contributed by atoms with Crippen LogP contribution in [0.4, 0.5) is 0 Å². The minimum absolute atomic E-state index is 0.112. The molecule has 0 aliphatic carbocycles. The fraction of sp³-hybridized carbons (Fsp3) is 0.444. The molecule has 0 saturated heterocycles. The summed E-state index contributed by atoms with van der Waals surface area (Å²) in [4.78, 5) is 8.33. The predicted molar refractivity (Wildman–Crippen MR) is 56.3 cm³/mol. The first kappa shape index (κ1) is 10.2. The van der Waals surface area contributed by atoms with Crippen LogP contribution in [0.3, 0.4) is 0 Å². The van der Waals surface area contributed by atoms with Crippen molar-refractivity contribution < 1.29 is 5.11 Å². The third-order valence-corrected chi connectivity index (χ3v) is 2.55. The molecular weight excluding hydrogens is 216 g/mol. The van der Waals surface area contributed by atoms with Crippen molar-refractivity contribution in [1.29, 1.82) is 0 Å². The first-order valence-electron chi connectivity index (χ1n) is 4.62. The fourth-order valence-electron chi connectivity index (χ4n) is 1.23. The van der Waals surface area contributed by atoms with E-state index in [0.29, 0.717) is 17.3 Å². The molecule has 5 nitrogen and oxygen atoms in total. The number of nitrogens with zero attached hydrogens (tertiary/aromatic N) is 4. The lowest BCUT2D eigenvalue weighted by Crippen LogP contribution is -1.96. The highest BCUT2D eigenvalue weighted by atomic mass is 35.5. The van der Waals surface area contributed by atoms with Crippen LogP contribution in [0.1, 0.15) is 31.3 Å².